The van der Waals surface area contributed by atoms with Gasteiger partial charge in [-0.1, -0.05) is 12.1 Å². The number of carbonyl (C=O) groups is 2. The van der Waals surface area contributed by atoms with Crippen LogP contribution in [0, 0.1) is 0 Å². The zero-order valence-electron chi connectivity index (χ0n) is 18.1. The van der Waals surface area contributed by atoms with Crippen molar-refractivity contribution in [2.24, 2.45) is 0 Å². The summed E-state index contributed by atoms with van der Waals surface area (Å²) in [6.07, 6.45) is 3.22. The summed E-state index contributed by atoms with van der Waals surface area (Å²) in [5.74, 6) is 0.964. The van der Waals surface area contributed by atoms with E-state index in [9.17, 15) is 9.59 Å². The Morgan fingerprint density at radius 3 is 1.50 bits per heavy atom. The molecule has 0 spiro atoms. The van der Waals surface area contributed by atoms with Gasteiger partial charge in [-0.3, -0.25) is 10.6 Å². The molecule has 0 aliphatic carbocycles. The summed E-state index contributed by atoms with van der Waals surface area (Å²) >= 11 is 2.64. The van der Waals surface area contributed by atoms with Crippen molar-refractivity contribution in [3.8, 4) is 22.6 Å². The lowest BCUT2D eigenvalue weighted by Crippen LogP contribution is -2.19. The van der Waals surface area contributed by atoms with Crippen LogP contribution in [0.3, 0.4) is 0 Å². The minimum Gasteiger partial charge on any atom is -0.495 e. The number of rotatable bonds is 7. The summed E-state index contributed by atoms with van der Waals surface area (Å²) < 4.78 is 10.9. The maximum Gasteiger partial charge on any atom is 0.325 e. The molecule has 0 aliphatic heterocycles. The molecular weight excluding hydrogens is 476 g/mol. The molecule has 2 aromatic heterocycles. The van der Waals surface area contributed by atoms with Crippen molar-refractivity contribution in [1.29, 1.82) is 0 Å². The number of ether oxygens (including phenoxy) is 2. The second-order valence-electron chi connectivity index (χ2n) is 6.66. The van der Waals surface area contributed by atoms with Crippen molar-refractivity contribution in [2.45, 2.75) is 0 Å². The van der Waals surface area contributed by atoms with Gasteiger partial charge in [0.15, 0.2) is 10.3 Å². The molecular formula is C22H20N6O4S2. The monoisotopic (exact) mass is 496 g/mol. The predicted molar refractivity (Wildman–Crippen MR) is 134 cm³/mol. The molecule has 4 rings (SSSR count). The average molecular weight is 497 g/mol. The van der Waals surface area contributed by atoms with Crippen molar-refractivity contribution in [3.05, 3.63) is 59.6 Å². The lowest BCUT2D eigenvalue weighted by atomic mass is 10.0. The summed E-state index contributed by atoms with van der Waals surface area (Å²) in [5, 5.41) is 15.4. The van der Waals surface area contributed by atoms with Crippen LogP contribution >= 0.6 is 22.7 Å². The van der Waals surface area contributed by atoms with Crippen molar-refractivity contribution in [3.63, 3.8) is 0 Å². The third kappa shape index (κ3) is 5.60. The maximum atomic E-state index is 12.2. The number of carbonyl (C=O) groups excluding carboxylic acids is 2. The fraction of sp³-hybridized carbons (Fsp3) is 0.0909. The Bertz CT molecular complexity index is 1180. The standard InChI is InChI=1S/C22H20N6O4S2/c1-31-17-11-13(3-5-15(17)25-19(29)27-21-23-7-9-33-21)14-4-6-16(18(12-14)32-2)26-20(30)28-22-24-8-10-34-22/h3-12H,1-2H3,(H2,23,25,27,29)(H2,24,26,28,30). The molecule has 2 heterocycles. The van der Waals surface area contributed by atoms with Gasteiger partial charge in [-0.25, -0.2) is 19.6 Å². The first-order chi connectivity index (χ1) is 16.6. The average Bonchev–Trinajstić information content (AvgIpc) is 3.54. The van der Waals surface area contributed by atoms with E-state index in [0.717, 1.165) is 11.1 Å². The lowest BCUT2D eigenvalue weighted by Gasteiger charge is -2.14. The van der Waals surface area contributed by atoms with Crippen LogP contribution in [0.4, 0.5) is 31.2 Å². The molecule has 4 aromatic rings. The second-order valence-corrected chi connectivity index (χ2v) is 8.45. The van der Waals surface area contributed by atoms with Crippen LogP contribution in [0.2, 0.25) is 0 Å². The molecule has 0 radical (unpaired) electrons. The highest BCUT2D eigenvalue weighted by Crippen LogP contribution is 2.35. The van der Waals surface area contributed by atoms with Crippen LogP contribution in [0.25, 0.3) is 11.1 Å². The molecule has 0 unspecified atom stereocenters. The van der Waals surface area contributed by atoms with E-state index in [1.165, 1.54) is 36.9 Å². The number of methoxy groups -OCH3 is 2. The van der Waals surface area contributed by atoms with Crippen LogP contribution in [0.5, 0.6) is 11.5 Å². The smallest absolute Gasteiger partial charge is 0.325 e. The summed E-state index contributed by atoms with van der Waals surface area (Å²) in [6, 6.07) is 9.94. The van der Waals surface area contributed by atoms with Crippen molar-refractivity contribution >= 4 is 56.4 Å². The Morgan fingerprint density at radius 1 is 0.706 bits per heavy atom. The number of urea groups is 2. The number of nitrogens with one attached hydrogen (secondary N) is 4. The Kier molecular flexibility index (Phi) is 7.20. The number of benzene rings is 2. The normalized spacial score (nSPS) is 10.3. The van der Waals surface area contributed by atoms with E-state index in [0.29, 0.717) is 33.1 Å². The molecule has 174 valence electrons. The molecule has 4 amide bonds. The highest BCUT2D eigenvalue weighted by Gasteiger charge is 2.13. The third-order valence-electron chi connectivity index (χ3n) is 4.54. The zero-order chi connectivity index (χ0) is 23.9. The van der Waals surface area contributed by atoms with E-state index in [1.807, 2.05) is 12.1 Å². The van der Waals surface area contributed by atoms with Crippen LogP contribution < -0.4 is 30.7 Å². The van der Waals surface area contributed by atoms with Crippen LogP contribution in [0.1, 0.15) is 0 Å². The first-order valence-corrected chi connectivity index (χ1v) is 11.6. The van der Waals surface area contributed by atoms with Gasteiger partial charge in [-0.15, -0.1) is 22.7 Å². The molecule has 0 atom stereocenters. The summed E-state index contributed by atoms with van der Waals surface area (Å²) in [5.41, 5.74) is 2.67. The van der Waals surface area contributed by atoms with Crippen molar-refractivity contribution in [2.75, 3.05) is 35.5 Å². The quantitative estimate of drug-likeness (QED) is 0.265. The van der Waals surface area contributed by atoms with Crippen molar-refractivity contribution in [1.82, 2.24) is 9.97 Å². The van der Waals surface area contributed by atoms with Crippen molar-refractivity contribution < 1.29 is 19.1 Å². The van der Waals surface area contributed by atoms with Gasteiger partial charge < -0.3 is 20.1 Å². The molecule has 0 saturated heterocycles. The van der Waals surface area contributed by atoms with Crippen LogP contribution in [-0.4, -0.2) is 36.2 Å². The topological polar surface area (TPSA) is 127 Å². The fourth-order valence-electron chi connectivity index (χ4n) is 3.02. The second kappa shape index (κ2) is 10.6. The molecule has 2 aromatic carbocycles. The number of thiazole rings is 2. The van der Waals surface area contributed by atoms with E-state index in [-0.39, 0.29) is 0 Å². The largest absolute Gasteiger partial charge is 0.495 e. The number of aromatic nitrogens is 2. The van der Waals surface area contributed by atoms with E-state index in [4.69, 9.17) is 9.47 Å². The Balaban J connectivity index is 1.49. The maximum absolute atomic E-state index is 12.2. The zero-order valence-corrected chi connectivity index (χ0v) is 19.8. The molecule has 10 nitrogen and oxygen atoms in total. The molecule has 12 heteroatoms. The van der Waals surface area contributed by atoms with Gasteiger partial charge in [0.1, 0.15) is 11.5 Å². The van der Waals surface area contributed by atoms with Crippen LogP contribution in [0.15, 0.2) is 59.6 Å². The first kappa shape index (κ1) is 23.0. The third-order valence-corrected chi connectivity index (χ3v) is 5.92. The van der Waals surface area contributed by atoms with E-state index in [2.05, 4.69) is 31.2 Å². The minimum absolute atomic E-state index is 0.422. The van der Waals surface area contributed by atoms with Gasteiger partial charge in [0, 0.05) is 23.2 Å². The molecule has 0 fully saturated rings. The molecule has 0 aliphatic rings. The van der Waals surface area contributed by atoms with Gasteiger partial charge in [0.05, 0.1) is 25.6 Å². The summed E-state index contributed by atoms with van der Waals surface area (Å²) in [4.78, 5) is 32.5. The fourth-order valence-corrected chi connectivity index (χ4v) is 4.07. The van der Waals surface area contributed by atoms with Gasteiger partial charge in [0.25, 0.3) is 0 Å². The highest BCUT2D eigenvalue weighted by molar-refractivity contribution is 7.14. The number of hydrogen-bond donors (Lipinski definition) is 4. The van der Waals surface area contributed by atoms with E-state index < -0.39 is 12.1 Å². The minimum atomic E-state index is -0.422. The SMILES string of the molecule is COc1cc(-c2ccc(NC(=O)Nc3nccs3)c(OC)c2)ccc1NC(=O)Nc1nccs1. The number of nitrogens with zero attached hydrogens (tertiary/aromatic N) is 2. The van der Waals surface area contributed by atoms with Crippen LogP contribution in [-0.2, 0) is 0 Å². The lowest BCUT2D eigenvalue weighted by molar-refractivity contribution is 0.261. The van der Waals surface area contributed by atoms with Gasteiger partial charge in [0.2, 0.25) is 0 Å². The van der Waals surface area contributed by atoms with E-state index >= 15 is 0 Å². The Labute approximate surface area is 203 Å². The summed E-state index contributed by atoms with van der Waals surface area (Å²) in [6.45, 7) is 0. The predicted octanol–water partition coefficient (Wildman–Crippen LogP) is 5.57. The molecule has 4 N–H and O–H groups in total. The number of amides is 4. The molecule has 34 heavy (non-hydrogen) atoms. The Morgan fingerprint density at radius 2 is 1.15 bits per heavy atom. The van der Waals surface area contributed by atoms with Gasteiger partial charge in [-0.2, -0.15) is 0 Å². The number of hydrogen-bond acceptors (Lipinski definition) is 8. The Hall–Kier alpha value is -4.16. The molecule has 0 saturated carbocycles. The first-order valence-electron chi connectivity index (χ1n) is 9.87. The molecule has 0 bridgehead atoms. The van der Waals surface area contributed by atoms with Gasteiger partial charge >= 0.3 is 12.1 Å². The van der Waals surface area contributed by atoms with Gasteiger partial charge in [-0.05, 0) is 35.4 Å². The number of anilines is 4. The van der Waals surface area contributed by atoms with E-state index in [1.54, 1.807) is 47.4 Å². The highest BCUT2D eigenvalue weighted by atomic mass is 32.1. The summed E-state index contributed by atoms with van der Waals surface area (Å²) in [7, 11) is 3.05.